The first-order valence-corrected chi connectivity index (χ1v) is 6.12. The molecule has 3 aromatic rings. The summed E-state index contributed by atoms with van der Waals surface area (Å²) in [7, 11) is 0. The van der Waals surface area contributed by atoms with Crippen LogP contribution in [-0.2, 0) is 0 Å². The summed E-state index contributed by atoms with van der Waals surface area (Å²) in [6.45, 7) is 0. The Morgan fingerprint density at radius 1 is 1.05 bits per heavy atom. The number of nitro groups is 1. The molecule has 0 amide bonds. The Kier molecular flexibility index (Phi) is 3.07. The van der Waals surface area contributed by atoms with Crippen LogP contribution in [-0.4, -0.2) is 21.1 Å². The van der Waals surface area contributed by atoms with Crippen molar-refractivity contribution in [3.63, 3.8) is 0 Å². The van der Waals surface area contributed by atoms with Crippen molar-refractivity contribution in [2.45, 2.75) is 0 Å². The first kappa shape index (κ1) is 12.8. The van der Waals surface area contributed by atoms with Crippen molar-refractivity contribution in [2.75, 3.05) is 0 Å². The number of aliphatic imine (C=N–C) groups is 1. The van der Waals surface area contributed by atoms with E-state index in [-0.39, 0.29) is 11.4 Å². The summed E-state index contributed by atoms with van der Waals surface area (Å²) in [4.78, 5) is 30.8. The van der Waals surface area contributed by atoms with Crippen LogP contribution in [0, 0.1) is 10.1 Å². The zero-order valence-corrected chi connectivity index (χ0v) is 10.7. The van der Waals surface area contributed by atoms with E-state index >= 15 is 0 Å². The van der Waals surface area contributed by atoms with E-state index in [9.17, 15) is 14.9 Å². The lowest BCUT2D eigenvalue weighted by molar-refractivity contribution is -0.384. The number of nitro benzene ring substituents is 1. The Morgan fingerprint density at radius 2 is 1.76 bits per heavy atom. The van der Waals surface area contributed by atoms with Gasteiger partial charge in [-0.05, 0) is 29.8 Å². The molecule has 0 aliphatic heterocycles. The van der Waals surface area contributed by atoms with E-state index in [1.807, 2.05) is 6.07 Å². The molecule has 0 saturated carbocycles. The number of aromatic nitrogens is 2. The van der Waals surface area contributed by atoms with Crippen LogP contribution in [0.2, 0.25) is 0 Å². The minimum Gasteiger partial charge on any atom is -0.306 e. The van der Waals surface area contributed by atoms with Gasteiger partial charge in [0.05, 0.1) is 21.6 Å². The predicted octanol–water partition coefficient (Wildman–Crippen LogP) is 2.51. The third-order valence-corrected chi connectivity index (χ3v) is 2.96. The molecule has 104 valence electrons. The van der Waals surface area contributed by atoms with Gasteiger partial charge in [-0.15, -0.1) is 0 Å². The predicted molar refractivity (Wildman–Crippen MR) is 79.3 cm³/mol. The molecule has 0 atom stereocenters. The average Bonchev–Trinajstić information content (AvgIpc) is 2.84. The Hall–Kier alpha value is -3.22. The number of nitrogens with zero attached hydrogens (tertiary/aromatic N) is 2. The molecule has 2 aromatic carbocycles. The number of fused-ring (bicyclic) bond motifs is 1. The maximum Gasteiger partial charge on any atom is 0.323 e. The van der Waals surface area contributed by atoms with Crippen molar-refractivity contribution in [1.29, 1.82) is 0 Å². The molecule has 0 fully saturated rings. The molecule has 0 aliphatic rings. The zero-order chi connectivity index (χ0) is 14.8. The highest BCUT2D eigenvalue weighted by atomic mass is 16.6. The molecule has 1 heterocycles. The molecule has 2 N–H and O–H groups in total. The highest BCUT2D eigenvalue weighted by Gasteiger charge is 2.03. The third-order valence-electron chi connectivity index (χ3n) is 2.96. The minimum atomic E-state index is -0.455. The van der Waals surface area contributed by atoms with Crippen molar-refractivity contribution >= 4 is 28.6 Å². The van der Waals surface area contributed by atoms with Crippen LogP contribution in [0.4, 0.5) is 11.4 Å². The number of hydrogen-bond acceptors (Lipinski definition) is 4. The van der Waals surface area contributed by atoms with E-state index in [1.165, 1.54) is 12.1 Å². The van der Waals surface area contributed by atoms with E-state index in [1.54, 1.807) is 30.5 Å². The normalized spacial score (nSPS) is 11.2. The average molecular weight is 282 g/mol. The summed E-state index contributed by atoms with van der Waals surface area (Å²) in [6, 6.07) is 11.4. The van der Waals surface area contributed by atoms with Crippen LogP contribution in [0.1, 0.15) is 5.56 Å². The van der Waals surface area contributed by atoms with Gasteiger partial charge in [0.25, 0.3) is 5.69 Å². The Labute approximate surface area is 118 Å². The van der Waals surface area contributed by atoms with Gasteiger partial charge in [0.2, 0.25) is 0 Å². The topological polar surface area (TPSA) is 104 Å². The summed E-state index contributed by atoms with van der Waals surface area (Å²) < 4.78 is 0. The Morgan fingerprint density at radius 3 is 2.48 bits per heavy atom. The lowest BCUT2D eigenvalue weighted by atomic mass is 10.2. The summed E-state index contributed by atoms with van der Waals surface area (Å²) >= 11 is 0. The number of imidazole rings is 1. The first-order valence-electron chi connectivity index (χ1n) is 6.12. The number of benzene rings is 2. The van der Waals surface area contributed by atoms with Crippen molar-refractivity contribution < 1.29 is 4.92 Å². The molecular weight excluding hydrogens is 272 g/mol. The molecule has 0 unspecified atom stereocenters. The molecule has 0 aliphatic carbocycles. The lowest BCUT2D eigenvalue weighted by Crippen LogP contribution is -1.99. The fourth-order valence-corrected chi connectivity index (χ4v) is 1.94. The molecule has 7 heteroatoms. The van der Waals surface area contributed by atoms with Gasteiger partial charge >= 0.3 is 5.69 Å². The van der Waals surface area contributed by atoms with Gasteiger partial charge in [-0.1, -0.05) is 6.07 Å². The number of rotatable bonds is 3. The second-order valence-electron chi connectivity index (χ2n) is 4.42. The summed E-state index contributed by atoms with van der Waals surface area (Å²) in [5.41, 5.74) is 2.63. The molecule has 1 aromatic heterocycles. The van der Waals surface area contributed by atoms with E-state index in [0.717, 1.165) is 11.1 Å². The number of nitrogens with one attached hydrogen (secondary N) is 2. The van der Waals surface area contributed by atoms with Crippen molar-refractivity contribution in [1.82, 2.24) is 9.97 Å². The Balaban J connectivity index is 1.86. The monoisotopic (exact) mass is 282 g/mol. The highest BCUT2D eigenvalue weighted by molar-refractivity contribution is 5.88. The fraction of sp³-hybridized carbons (Fsp3) is 0. The van der Waals surface area contributed by atoms with Gasteiger partial charge in [0.15, 0.2) is 0 Å². The second kappa shape index (κ2) is 5.04. The van der Waals surface area contributed by atoms with Crippen LogP contribution in [0.25, 0.3) is 11.0 Å². The number of non-ortho nitro benzene ring substituents is 1. The van der Waals surface area contributed by atoms with Crippen LogP contribution < -0.4 is 5.69 Å². The summed E-state index contributed by atoms with van der Waals surface area (Å²) in [5, 5.41) is 10.6. The quantitative estimate of drug-likeness (QED) is 0.438. The van der Waals surface area contributed by atoms with Crippen LogP contribution in [0.15, 0.2) is 52.3 Å². The SMILES string of the molecule is O=c1[nH]c2ccc(/C=N/c3ccc([N+](=O)[O-])cc3)cc2[nH]1. The number of hydrogen-bond donors (Lipinski definition) is 2. The van der Waals surface area contributed by atoms with Gasteiger partial charge in [0.1, 0.15) is 0 Å². The molecule has 0 bridgehead atoms. The van der Waals surface area contributed by atoms with Gasteiger partial charge in [-0.3, -0.25) is 15.1 Å². The van der Waals surface area contributed by atoms with Gasteiger partial charge in [0, 0.05) is 18.3 Å². The molecule has 7 nitrogen and oxygen atoms in total. The standard InChI is InChI=1S/C14H10N4O3/c19-14-16-12-6-1-9(7-13(12)17-14)8-15-10-2-4-11(5-3-10)18(20)21/h1-8H,(H2,16,17,19)/b15-8+. The van der Waals surface area contributed by atoms with E-state index in [0.29, 0.717) is 11.2 Å². The van der Waals surface area contributed by atoms with Crippen molar-refractivity contribution in [2.24, 2.45) is 4.99 Å². The molecule has 21 heavy (non-hydrogen) atoms. The van der Waals surface area contributed by atoms with Crippen LogP contribution in [0.3, 0.4) is 0 Å². The minimum absolute atomic E-state index is 0.0280. The molecule has 0 radical (unpaired) electrons. The van der Waals surface area contributed by atoms with Gasteiger partial charge in [-0.25, -0.2) is 4.79 Å². The second-order valence-corrected chi connectivity index (χ2v) is 4.42. The van der Waals surface area contributed by atoms with Gasteiger partial charge in [-0.2, -0.15) is 0 Å². The number of aromatic amines is 2. The smallest absolute Gasteiger partial charge is 0.306 e. The largest absolute Gasteiger partial charge is 0.323 e. The van der Waals surface area contributed by atoms with E-state index < -0.39 is 4.92 Å². The van der Waals surface area contributed by atoms with Crippen molar-refractivity contribution in [3.05, 3.63) is 68.6 Å². The zero-order valence-electron chi connectivity index (χ0n) is 10.7. The van der Waals surface area contributed by atoms with E-state index in [4.69, 9.17) is 0 Å². The van der Waals surface area contributed by atoms with Gasteiger partial charge < -0.3 is 9.97 Å². The first-order chi connectivity index (χ1) is 10.1. The van der Waals surface area contributed by atoms with Crippen LogP contribution >= 0.6 is 0 Å². The molecule has 0 saturated heterocycles. The number of H-pyrrole nitrogens is 2. The van der Waals surface area contributed by atoms with Crippen LogP contribution in [0.5, 0.6) is 0 Å². The summed E-state index contributed by atoms with van der Waals surface area (Å²) in [6.07, 6.45) is 1.63. The highest BCUT2D eigenvalue weighted by Crippen LogP contribution is 2.18. The Bertz CT molecular complexity index is 890. The van der Waals surface area contributed by atoms with E-state index in [2.05, 4.69) is 15.0 Å². The maximum atomic E-state index is 11.2. The van der Waals surface area contributed by atoms with Crippen molar-refractivity contribution in [3.8, 4) is 0 Å². The lowest BCUT2D eigenvalue weighted by Gasteiger charge is -1.95. The summed E-state index contributed by atoms with van der Waals surface area (Å²) in [5.74, 6) is 0. The molecule has 0 spiro atoms. The molecular formula is C14H10N4O3. The maximum absolute atomic E-state index is 11.2. The third kappa shape index (κ3) is 2.71. The molecule has 3 rings (SSSR count). The fourth-order valence-electron chi connectivity index (χ4n) is 1.94.